The van der Waals surface area contributed by atoms with Crippen LogP contribution < -0.4 is 10.6 Å². The second-order valence-corrected chi connectivity index (χ2v) is 6.14. The summed E-state index contributed by atoms with van der Waals surface area (Å²) in [6.07, 6.45) is 1.23. The third-order valence-corrected chi connectivity index (χ3v) is 3.85. The Morgan fingerprint density at radius 1 is 0.750 bits per heavy atom. The molecule has 4 nitrogen and oxygen atoms in total. The highest BCUT2D eigenvalue weighted by Crippen LogP contribution is 2.11. The molecular weight excluding hydrogens is 347 g/mol. The van der Waals surface area contributed by atoms with Gasteiger partial charge in [0.1, 0.15) is 0 Å². The van der Waals surface area contributed by atoms with Gasteiger partial charge in [-0.1, -0.05) is 47.5 Å². The van der Waals surface area contributed by atoms with Crippen LogP contribution in [-0.4, -0.2) is 24.9 Å². The Labute approximate surface area is 151 Å². The third kappa shape index (κ3) is 6.22. The van der Waals surface area contributed by atoms with E-state index in [1.54, 1.807) is 12.1 Å². The van der Waals surface area contributed by atoms with Gasteiger partial charge in [-0.15, -0.1) is 0 Å². The fourth-order valence-corrected chi connectivity index (χ4v) is 2.61. The molecule has 2 rings (SSSR count). The molecule has 0 saturated heterocycles. The first-order chi connectivity index (χ1) is 11.5. The molecule has 0 aliphatic heterocycles. The van der Waals surface area contributed by atoms with Crippen LogP contribution in [0.2, 0.25) is 10.0 Å². The minimum atomic E-state index is -0.636. The van der Waals surface area contributed by atoms with E-state index in [2.05, 4.69) is 10.6 Å². The fourth-order valence-electron chi connectivity index (χ4n) is 2.19. The lowest BCUT2D eigenvalue weighted by Gasteiger charge is -2.07. The molecular formula is C18H18Cl2N2O2. The first kappa shape index (κ1) is 18.3. The summed E-state index contributed by atoms with van der Waals surface area (Å²) in [5.41, 5.74) is 2.01. The third-order valence-electron chi connectivity index (χ3n) is 3.38. The molecule has 2 N–H and O–H groups in total. The number of nitrogens with one attached hydrogen (secondary N) is 2. The molecule has 0 spiro atoms. The summed E-state index contributed by atoms with van der Waals surface area (Å²) in [6, 6.07) is 14.8. The standard InChI is InChI=1S/C18H18Cl2N2O2/c19-15-5-1-3-13(11-15)7-9-21-17(23)18(24)22-10-8-14-4-2-6-16(20)12-14/h1-6,11-12H,7-10H2,(H,21,23)(H,22,24). The van der Waals surface area contributed by atoms with Gasteiger partial charge in [-0.25, -0.2) is 0 Å². The fraction of sp³-hybridized carbons (Fsp3) is 0.222. The van der Waals surface area contributed by atoms with E-state index < -0.39 is 11.8 Å². The Morgan fingerprint density at radius 2 is 1.17 bits per heavy atom. The quantitative estimate of drug-likeness (QED) is 0.774. The predicted octanol–water partition coefficient (Wildman–Crippen LogP) is 3.01. The summed E-state index contributed by atoms with van der Waals surface area (Å²) in [6.45, 7) is 0.752. The number of hydrogen-bond donors (Lipinski definition) is 2. The Balaban J connectivity index is 1.67. The van der Waals surface area contributed by atoms with Crippen LogP contribution in [0.15, 0.2) is 48.5 Å². The normalized spacial score (nSPS) is 10.2. The van der Waals surface area contributed by atoms with Gasteiger partial charge in [-0.2, -0.15) is 0 Å². The molecule has 0 aliphatic carbocycles. The van der Waals surface area contributed by atoms with E-state index in [4.69, 9.17) is 23.2 Å². The number of rotatable bonds is 6. The maximum absolute atomic E-state index is 11.7. The smallest absolute Gasteiger partial charge is 0.309 e. The molecule has 0 bridgehead atoms. The lowest BCUT2D eigenvalue weighted by atomic mass is 10.1. The maximum Gasteiger partial charge on any atom is 0.309 e. The van der Waals surface area contributed by atoms with Crippen LogP contribution in [0.3, 0.4) is 0 Å². The maximum atomic E-state index is 11.7. The molecule has 0 heterocycles. The van der Waals surface area contributed by atoms with Gasteiger partial charge >= 0.3 is 11.8 Å². The average molecular weight is 365 g/mol. The lowest BCUT2D eigenvalue weighted by Crippen LogP contribution is -2.41. The van der Waals surface area contributed by atoms with Crippen molar-refractivity contribution in [2.45, 2.75) is 12.8 Å². The average Bonchev–Trinajstić information content (AvgIpc) is 2.55. The predicted molar refractivity (Wildman–Crippen MR) is 96.3 cm³/mol. The van der Waals surface area contributed by atoms with Gasteiger partial charge < -0.3 is 10.6 Å². The Hall–Kier alpha value is -2.04. The van der Waals surface area contributed by atoms with Crippen molar-refractivity contribution in [3.8, 4) is 0 Å². The summed E-state index contributed by atoms with van der Waals surface area (Å²) in [7, 11) is 0. The van der Waals surface area contributed by atoms with Crippen molar-refractivity contribution in [3.05, 3.63) is 69.7 Å². The number of hydrogen-bond acceptors (Lipinski definition) is 2. The Kier molecular flexibility index (Phi) is 7.09. The second kappa shape index (κ2) is 9.30. The molecule has 6 heteroatoms. The zero-order valence-corrected chi connectivity index (χ0v) is 14.5. The van der Waals surface area contributed by atoms with E-state index in [0.29, 0.717) is 36.0 Å². The van der Waals surface area contributed by atoms with E-state index in [1.807, 2.05) is 36.4 Å². The topological polar surface area (TPSA) is 58.2 Å². The van der Waals surface area contributed by atoms with Crippen LogP contribution in [0.25, 0.3) is 0 Å². The van der Waals surface area contributed by atoms with E-state index in [0.717, 1.165) is 11.1 Å². The van der Waals surface area contributed by atoms with E-state index in [-0.39, 0.29) is 0 Å². The van der Waals surface area contributed by atoms with Crippen molar-refractivity contribution >= 4 is 35.0 Å². The molecule has 0 saturated carbocycles. The summed E-state index contributed by atoms with van der Waals surface area (Å²) in [4.78, 5) is 23.5. The van der Waals surface area contributed by atoms with E-state index in [9.17, 15) is 9.59 Å². The van der Waals surface area contributed by atoms with Gasteiger partial charge in [-0.05, 0) is 48.2 Å². The van der Waals surface area contributed by atoms with Crippen LogP contribution in [0.4, 0.5) is 0 Å². The number of carbonyl (C=O) groups is 2. The SMILES string of the molecule is O=C(NCCc1cccc(Cl)c1)C(=O)NCCc1cccc(Cl)c1. The van der Waals surface area contributed by atoms with Gasteiger partial charge in [0.25, 0.3) is 0 Å². The van der Waals surface area contributed by atoms with Crippen molar-refractivity contribution in [3.63, 3.8) is 0 Å². The molecule has 0 unspecified atom stereocenters. The van der Waals surface area contributed by atoms with Crippen molar-refractivity contribution in [1.82, 2.24) is 10.6 Å². The molecule has 2 amide bonds. The molecule has 24 heavy (non-hydrogen) atoms. The van der Waals surface area contributed by atoms with Crippen molar-refractivity contribution in [1.29, 1.82) is 0 Å². The minimum Gasteiger partial charge on any atom is -0.348 e. The van der Waals surface area contributed by atoms with Crippen molar-refractivity contribution < 1.29 is 9.59 Å². The molecule has 2 aromatic rings. The van der Waals surface area contributed by atoms with Crippen LogP contribution >= 0.6 is 23.2 Å². The first-order valence-corrected chi connectivity index (χ1v) is 8.35. The minimum absolute atomic E-state index is 0.376. The van der Waals surface area contributed by atoms with Crippen molar-refractivity contribution in [2.24, 2.45) is 0 Å². The number of carbonyl (C=O) groups excluding carboxylic acids is 2. The zero-order chi connectivity index (χ0) is 17.4. The molecule has 0 aromatic heterocycles. The second-order valence-electron chi connectivity index (χ2n) is 5.27. The molecule has 0 atom stereocenters. The molecule has 0 fully saturated rings. The van der Waals surface area contributed by atoms with Gasteiger partial charge in [0, 0.05) is 23.1 Å². The van der Waals surface area contributed by atoms with Crippen molar-refractivity contribution in [2.75, 3.05) is 13.1 Å². The highest BCUT2D eigenvalue weighted by atomic mass is 35.5. The molecule has 0 aliphatic rings. The summed E-state index contributed by atoms with van der Waals surface area (Å²) < 4.78 is 0. The highest BCUT2D eigenvalue weighted by molar-refractivity contribution is 6.35. The highest BCUT2D eigenvalue weighted by Gasteiger charge is 2.11. The largest absolute Gasteiger partial charge is 0.348 e. The van der Waals surface area contributed by atoms with Gasteiger partial charge in [0.2, 0.25) is 0 Å². The number of amides is 2. The number of benzene rings is 2. The van der Waals surface area contributed by atoms with E-state index >= 15 is 0 Å². The Bertz CT molecular complexity index is 658. The number of halogens is 2. The van der Waals surface area contributed by atoms with Gasteiger partial charge in [0.05, 0.1) is 0 Å². The van der Waals surface area contributed by atoms with Crippen LogP contribution in [0.1, 0.15) is 11.1 Å². The van der Waals surface area contributed by atoms with Crippen LogP contribution in [0, 0.1) is 0 Å². The van der Waals surface area contributed by atoms with Crippen LogP contribution in [0.5, 0.6) is 0 Å². The summed E-state index contributed by atoms with van der Waals surface area (Å²) in [5.74, 6) is -1.27. The Morgan fingerprint density at radius 3 is 1.54 bits per heavy atom. The first-order valence-electron chi connectivity index (χ1n) is 7.59. The molecule has 0 radical (unpaired) electrons. The van der Waals surface area contributed by atoms with Crippen LogP contribution in [-0.2, 0) is 22.4 Å². The van der Waals surface area contributed by atoms with Gasteiger partial charge in [0.15, 0.2) is 0 Å². The lowest BCUT2D eigenvalue weighted by molar-refractivity contribution is -0.139. The zero-order valence-electron chi connectivity index (χ0n) is 13.0. The molecule has 2 aromatic carbocycles. The molecule has 126 valence electrons. The van der Waals surface area contributed by atoms with E-state index in [1.165, 1.54) is 0 Å². The monoisotopic (exact) mass is 364 g/mol. The van der Waals surface area contributed by atoms with Gasteiger partial charge in [-0.3, -0.25) is 9.59 Å². The summed E-state index contributed by atoms with van der Waals surface area (Å²) >= 11 is 11.8. The summed E-state index contributed by atoms with van der Waals surface area (Å²) in [5, 5.41) is 6.49.